The molecule has 0 radical (unpaired) electrons. The standard InChI is InChI=1S/C10H12/c1-9(2)10-7-5-3-4-6-8-10/h3-5,7-9H,1-2H3. The van der Waals surface area contributed by atoms with Crippen LogP contribution in [0, 0.1) is 5.92 Å². The van der Waals surface area contributed by atoms with Crippen LogP contribution in [0.3, 0.4) is 0 Å². The minimum absolute atomic E-state index is 0.601. The summed E-state index contributed by atoms with van der Waals surface area (Å²) in [4.78, 5) is 0. The molecule has 0 aromatic rings. The first-order chi connectivity index (χ1) is 4.80. The van der Waals surface area contributed by atoms with Crippen molar-refractivity contribution in [3.8, 4) is 0 Å². The summed E-state index contributed by atoms with van der Waals surface area (Å²) in [5.74, 6) is 0.601. The molecule has 52 valence electrons. The summed E-state index contributed by atoms with van der Waals surface area (Å²) in [5, 5.41) is 0. The molecule has 0 amide bonds. The van der Waals surface area contributed by atoms with E-state index in [9.17, 15) is 0 Å². The first-order valence-electron chi connectivity index (χ1n) is 3.60. The van der Waals surface area contributed by atoms with Crippen LogP contribution in [-0.4, -0.2) is 0 Å². The molecule has 0 saturated carbocycles. The number of rotatable bonds is 1. The van der Waals surface area contributed by atoms with E-state index in [1.165, 1.54) is 5.57 Å². The van der Waals surface area contributed by atoms with Crippen molar-refractivity contribution in [1.82, 2.24) is 0 Å². The highest BCUT2D eigenvalue weighted by Crippen LogP contribution is 2.11. The van der Waals surface area contributed by atoms with Gasteiger partial charge in [0, 0.05) is 0 Å². The molecule has 0 aliphatic heterocycles. The zero-order valence-corrected chi connectivity index (χ0v) is 6.46. The lowest BCUT2D eigenvalue weighted by atomic mass is 10.0. The van der Waals surface area contributed by atoms with Crippen LogP contribution in [0.15, 0.2) is 41.7 Å². The van der Waals surface area contributed by atoms with E-state index in [4.69, 9.17) is 0 Å². The van der Waals surface area contributed by atoms with Crippen LogP contribution in [0.25, 0.3) is 0 Å². The fourth-order valence-corrected chi connectivity index (χ4v) is 0.829. The molecule has 0 saturated heterocycles. The van der Waals surface area contributed by atoms with Crippen molar-refractivity contribution in [3.05, 3.63) is 41.7 Å². The van der Waals surface area contributed by atoms with Gasteiger partial charge in [0.2, 0.25) is 0 Å². The Morgan fingerprint density at radius 2 is 2.10 bits per heavy atom. The molecule has 1 aliphatic carbocycles. The van der Waals surface area contributed by atoms with Crippen molar-refractivity contribution in [2.75, 3.05) is 0 Å². The molecular formula is C10H12. The Labute approximate surface area is 62.3 Å². The Morgan fingerprint density at radius 1 is 1.30 bits per heavy atom. The summed E-state index contributed by atoms with van der Waals surface area (Å²) < 4.78 is 0. The average molecular weight is 132 g/mol. The van der Waals surface area contributed by atoms with Crippen LogP contribution < -0.4 is 0 Å². The van der Waals surface area contributed by atoms with Crippen molar-refractivity contribution in [2.24, 2.45) is 5.92 Å². The van der Waals surface area contributed by atoms with Gasteiger partial charge in [-0.2, -0.15) is 0 Å². The predicted octanol–water partition coefficient (Wildman–Crippen LogP) is 2.85. The molecule has 0 spiro atoms. The van der Waals surface area contributed by atoms with Crippen molar-refractivity contribution < 1.29 is 0 Å². The van der Waals surface area contributed by atoms with Crippen molar-refractivity contribution in [1.29, 1.82) is 0 Å². The Balaban J connectivity index is 2.86. The minimum Gasteiger partial charge on any atom is -0.121 e. The van der Waals surface area contributed by atoms with E-state index in [1.54, 1.807) is 0 Å². The largest absolute Gasteiger partial charge is 0.121 e. The lowest BCUT2D eigenvalue weighted by molar-refractivity contribution is 0.792. The summed E-state index contributed by atoms with van der Waals surface area (Å²) in [6.07, 6.45) is 10.1. The normalized spacial score (nSPS) is 15.7. The topological polar surface area (TPSA) is 0 Å². The molecule has 0 heterocycles. The molecule has 0 unspecified atom stereocenters. The van der Waals surface area contributed by atoms with Gasteiger partial charge in [-0.3, -0.25) is 0 Å². The van der Waals surface area contributed by atoms with E-state index >= 15 is 0 Å². The van der Waals surface area contributed by atoms with E-state index in [0.29, 0.717) is 5.92 Å². The molecule has 1 rings (SSSR count). The lowest BCUT2D eigenvalue weighted by Gasteiger charge is -2.01. The Morgan fingerprint density at radius 3 is 2.80 bits per heavy atom. The van der Waals surface area contributed by atoms with Gasteiger partial charge in [0.15, 0.2) is 0 Å². The van der Waals surface area contributed by atoms with Crippen LogP contribution in [0.1, 0.15) is 13.8 Å². The molecule has 0 fully saturated rings. The molecule has 10 heavy (non-hydrogen) atoms. The maximum Gasteiger partial charge on any atom is -0.0165 e. The monoisotopic (exact) mass is 132 g/mol. The van der Waals surface area contributed by atoms with Gasteiger partial charge in [0.25, 0.3) is 0 Å². The fourth-order valence-electron chi connectivity index (χ4n) is 0.829. The van der Waals surface area contributed by atoms with Gasteiger partial charge >= 0.3 is 0 Å². The van der Waals surface area contributed by atoms with Crippen LogP contribution in [0.2, 0.25) is 0 Å². The van der Waals surface area contributed by atoms with Crippen LogP contribution in [-0.2, 0) is 0 Å². The minimum atomic E-state index is 0.601. The predicted molar refractivity (Wildman–Crippen MR) is 44.7 cm³/mol. The molecule has 0 atom stereocenters. The Kier molecular flexibility index (Phi) is 2.30. The number of hydrogen-bond donors (Lipinski definition) is 0. The van der Waals surface area contributed by atoms with Gasteiger partial charge in [-0.15, -0.1) is 5.73 Å². The van der Waals surface area contributed by atoms with E-state index in [2.05, 4.69) is 25.7 Å². The average Bonchev–Trinajstić information content (AvgIpc) is 2.12. The third kappa shape index (κ3) is 1.75. The van der Waals surface area contributed by atoms with Gasteiger partial charge in [-0.1, -0.05) is 32.1 Å². The Bertz CT molecular complexity index is 220. The third-order valence-corrected chi connectivity index (χ3v) is 1.51. The molecular weight excluding hydrogens is 120 g/mol. The van der Waals surface area contributed by atoms with Gasteiger partial charge in [0.05, 0.1) is 0 Å². The van der Waals surface area contributed by atoms with Gasteiger partial charge in [-0.05, 0) is 23.6 Å². The number of hydrogen-bond acceptors (Lipinski definition) is 0. The summed E-state index contributed by atoms with van der Waals surface area (Å²) in [6.45, 7) is 4.37. The lowest BCUT2D eigenvalue weighted by Crippen LogP contribution is -1.87. The highest BCUT2D eigenvalue weighted by atomic mass is 14.0. The van der Waals surface area contributed by atoms with E-state index in [0.717, 1.165) is 0 Å². The van der Waals surface area contributed by atoms with Gasteiger partial charge in [-0.25, -0.2) is 0 Å². The second kappa shape index (κ2) is 3.24. The third-order valence-electron chi connectivity index (χ3n) is 1.51. The van der Waals surface area contributed by atoms with Gasteiger partial charge in [0.1, 0.15) is 0 Å². The molecule has 0 bridgehead atoms. The molecule has 0 aromatic carbocycles. The fraction of sp³-hybridized carbons (Fsp3) is 0.300. The van der Waals surface area contributed by atoms with Crippen LogP contribution >= 0.6 is 0 Å². The highest BCUT2D eigenvalue weighted by molar-refractivity contribution is 5.29. The first-order valence-corrected chi connectivity index (χ1v) is 3.60. The molecule has 0 N–H and O–H groups in total. The summed E-state index contributed by atoms with van der Waals surface area (Å²) in [6, 6.07) is 0. The van der Waals surface area contributed by atoms with Crippen LogP contribution in [0.5, 0.6) is 0 Å². The number of allylic oxidation sites excluding steroid dienone is 5. The molecule has 0 heteroatoms. The maximum absolute atomic E-state index is 3.07. The maximum atomic E-state index is 3.07. The smallest absolute Gasteiger partial charge is 0.0165 e. The Hall–Kier alpha value is -1.00. The van der Waals surface area contributed by atoms with E-state index < -0.39 is 0 Å². The second-order valence-corrected chi connectivity index (χ2v) is 2.68. The zero-order valence-electron chi connectivity index (χ0n) is 6.46. The molecule has 0 nitrogen and oxygen atoms in total. The second-order valence-electron chi connectivity index (χ2n) is 2.68. The van der Waals surface area contributed by atoms with Crippen LogP contribution in [0.4, 0.5) is 0 Å². The molecule has 0 aromatic heterocycles. The summed E-state index contributed by atoms with van der Waals surface area (Å²) in [5.41, 5.74) is 4.41. The van der Waals surface area contributed by atoms with Crippen molar-refractivity contribution in [3.63, 3.8) is 0 Å². The zero-order chi connectivity index (χ0) is 7.40. The van der Waals surface area contributed by atoms with E-state index in [-0.39, 0.29) is 0 Å². The summed E-state index contributed by atoms with van der Waals surface area (Å²) >= 11 is 0. The first kappa shape index (κ1) is 7.11. The SMILES string of the molecule is CC(C)C1=CC=CC=C=C1. The summed E-state index contributed by atoms with van der Waals surface area (Å²) in [7, 11) is 0. The van der Waals surface area contributed by atoms with Crippen molar-refractivity contribution in [2.45, 2.75) is 13.8 Å². The quantitative estimate of drug-likeness (QED) is 0.481. The van der Waals surface area contributed by atoms with Gasteiger partial charge < -0.3 is 0 Å². The van der Waals surface area contributed by atoms with E-state index in [1.807, 2.05) is 24.3 Å². The molecule has 1 aliphatic rings. The van der Waals surface area contributed by atoms with Crippen molar-refractivity contribution >= 4 is 0 Å². The highest BCUT2D eigenvalue weighted by Gasteiger charge is 1.96.